The van der Waals surface area contributed by atoms with E-state index in [0.717, 1.165) is 35.5 Å². The van der Waals surface area contributed by atoms with Gasteiger partial charge in [0.1, 0.15) is 6.26 Å². The molecule has 1 amide bonds. The molecule has 1 saturated carbocycles. The largest absolute Gasteiger partial charge is 0.593 e. The summed E-state index contributed by atoms with van der Waals surface area (Å²) in [5.74, 6) is 0.692. The number of anilines is 2. The number of para-hydroxylation sites is 1. The van der Waals surface area contributed by atoms with E-state index in [1.54, 1.807) is 6.26 Å². The van der Waals surface area contributed by atoms with Crippen molar-refractivity contribution in [2.75, 3.05) is 29.5 Å². The molecule has 2 fully saturated rings. The van der Waals surface area contributed by atoms with Gasteiger partial charge in [0, 0.05) is 17.8 Å². The molecule has 2 aliphatic rings. The summed E-state index contributed by atoms with van der Waals surface area (Å²) in [6.07, 6.45) is 4.82. The molecule has 4 rings (SSSR count). The van der Waals surface area contributed by atoms with Gasteiger partial charge in [-0.25, -0.2) is 4.72 Å². The van der Waals surface area contributed by atoms with Gasteiger partial charge >= 0.3 is 0 Å². The summed E-state index contributed by atoms with van der Waals surface area (Å²) in [4.78, 5) is 14.6. The van der Waals surface area contributed by atoms with Gasteiger partial charge < -0.3 is 14.8 Å². The zero-order valence-electron chi connectivity index (χ0n) is 15.7. The second-order valence-corrected chi connectivity index (χ2v) is 8.38. The fourth-order valence-corrected chi connectivity index (χ4v) is 4.34. The smallest absolute Gasteiger partial charge is 0.244 e. The van der Waals surface area contributed by atoms with E-state index in [1.165, 1.54) is 18.4 Å². The number of nitrogens with zero attached hydrogens (tertiary/aromatic N) is 1. The first-order valence-corrected chi connectivity index (χ1v) is 11.0. The minimum absolute atomic E-state index is 0.0822. The first-order valence-electron chi connectivity index (χ1n) is 9.40. The Morgan fingerprint density at radius 2 is 1.93 bits per heavy atom. The molecule has 0 aromatic heterocycles. The van der Waals surface area contributed by atoms with Crippen LogP contribution in [0.3, 0.4) is 0 Å². The average Bonchev–Trinajstić information content (AvgIpc) is 3.44. The fourth-order valence-electron chi connectivity index (χ4n) is 3.85. The third-order valence-corrected chi connectivity index (χ3v) is 5.89. The predicted molar refractivity (Wildman–Crippen MR) is 111 cm³/mol. The van der Waals surface area contributed by atoms with E-state index < -0.39 is 11.4 Å². The van der Waals surface area contributed by atoms with Crippen molar-refractivity contribution < 1.29 is 9.35 Å². The molecule has 0 radical (unpaired) electrons. The lowest BCUT2D eigenvalue weighted by atomic mass is 9.98. The highest BCUT2D eigenvalue weighted by Gasteiger charge is 2.35. The van der Waals surface area contributed by atoms with Crippen molar-refractivity contribution in [3.05, 3.63) is 48.0 Å². The van der Waals surface area contributed by atoms with Gasteiger partial charge in [-0.05, 0) is 61.6 Å². The highest BCUT2D eigenvalue weighted by atomic mass is 32.2. The molecule has 27 heavy (non-hydrogen) atoms. The van der Waals surface area contributed by atoms with E-state index in [1.807, 2.05) is 36.2 Å². The van der Waals surface area contributed by atoms with Crippen molar-refractivity contribution in [3.8, 4) is 11.1 Å². The van der Waals surface area contributed by atoms with Gasteiger partial charge in [-0.15, -0.1) is 0 Å². The Morgan fingerprint density at radius 3 is 2.59 bits per heavy atom. The normalized spacial score (nSPS) is 20.8. The van der Waals surface area contributed by atoms with Crippen LogP contribution < -0.4 is 14.9 Å². The number of hydrogen-bond donors (Lipinski definition) is 2. The monoisotopic (exact) mass is 383 g/mol. The van der Waals surface area contributed by atoms with Gasteiger partial charge in [0.2, 0.25) is 5.91 Å². The standard InChI is InChI=1S/C21H25N3O2S/c1-22-19-11-12-24(21(19)25)20-10-9-15(13-17(20)14-7-8-14)16-5-3-4-6-18(16)23-27(2)26/h3-6,9-10,13-14,19,22-23H,7-8,11-12H2,1-2H3. The van der Waals surface area contributed by atoms with E-state index >= 15 is 0 Å². The summed E-state index contributed by atoms with van der Waals surface area (Å²) < 4.78 is 14.7. The summed E-state index contributed by atoms with van der Waals surface area (Å²) in [5.41, 5.74) is 5.28. The minimum atomic E-state index is -1.13. The van der Waals surface area contributed by atoms with E-state index in [9.17, 15) is 9.35 Å². The van der Waals surface area contributed by atoms with Gasteiger partial charge in [0.05, 0.1) is 23.1 Å². The number of likely N-dealkylation sites (N-methyl/N-ethyl adjacent to an activating group) is 1. The molecule has 1 saturated heterocycles. The average molecular weight is 384 g/mol. The summed E-state index contributed by atoms with van der Waals surface area (Å²) in [6, 6.07) is 14.2. The van der Waals surface area contributed by atoms with Crippen LogP contribution in [-0.2, 0) is 16.2 Å². The number of amides is 1. The molecule has 2 atom stereocenters. The van der Waals surface area contributed by atoms with Crippen molar-refractivity contribution >= 4 is 28.6 Å². The zero-order chi connectivity index (χ0) is 19.0. The number of carbonyl (C=O) groups excluding carboxylic acids is 1. The van der Waals surface area contributed by atoms with Gasteiger partial charge in [0.15, 0.2) is 0 Å². The number of carbonyl (C=O) groups is 1. The second-order valence-electron chi connectivity index (χ2n) is 7.27. The lowest BCUT2D eigenvalue weighted by molar-refractivity contribution is -0.118. The Morgan fingerprint density at radius 1 is 1.15 bits per heavy atom. The minimum Gasteiger partial charge on any atom is -0.593 e. The molecule has 0 bridgehead atoms. The molecule has 0 spiro atoms. The molecule has 6 heteroatoms. The highest BCUT2D eigenvalue weighted by molar-refractivity contribution is 7.92. The Labute approximate surface area is 163 Å². The van der Waals surface area contributed by atoms with Crippen LogP contribution in [0.15, 0.2) is 42.5 Å². The SMILES string of the molecule is CNC1CCN(c2ccc(-c3ccccc3N[S+](C)[O-])cc2C2CC2)C1=O. The molecule has 2 N–H and O–H groups in total. The molecule has 1 aliphatic carbocycles. The number of nitrogens with one attached hydrogen (secondary N) is 2. The maximum Gasteiger partial charge on any atom is 0.244 e. The van der Waals surface area contributed by atoms with Crippen molar-refractivity contribution in [1.29, 1.82) is 0 Å². The van der Waals surface area contributed by atoms with Crippen LogP contribution >= 0.6 is 0 Å². The molecule has 2 aromatic rings. The van der Waals surface area contributed by atoms with Crippen molar-refractivity contribution in [2.45, 2.75) is 31.2 Å². The van der Waals surface area contributed by atoms with Gasteiger partial charge in [-0.1, -0.05) is 24.3 Å². The van der Waals surface area contributed by atoms with Crippen LogP contribution in [-0.4, -0.2) is 36.3 Å². The first-order chi connectivity index (χ1) is 13.1. The van der Waals surface area contributed by atoms with E-state index in [2.05, 4.69) is 28.2 Å². The topological polar surface area (TPSA) is 67.4 Å². The molecule has 142 valence electrons. The van der Waals surface area contributed by atoms with E-state index in [4.69, 9.17) is 0 Å². The lowest BCUT2D eigenvalue weighted by Crippen LogP contribution is -2.36. The van der Waals surface area contributed by atoms with Crippen LogP contribution in [0.25, 0.3) is 11.1 Å². The second kappa shape index (κ2) is 7.54. The van der Waals surface area contributed by atoms with Crippen LogP contribution in [0.1, 0.15) is 30.7 Å². The van der Waals surface area contributed by atoms with E-state index in [-0.39, 0.29) is 11.9 Å². The number of hydrogen-bond acceptors (Lipinski definition) is 4. The third kappa shape index (κ3) is 3.70. The summed E-state index contributed by atoms with van der Waals surface area (Å²) >= 11 is -1.13. The Hall–Kier alpha value is -2.02. The van der Waals surface area contributed by atoms with Crippen molar-refractivity contribution in [2.24, 2.45) is 0 Å². The molecule has 2 aromatic carbocycles. The van der Waals surface area contributed by atoms with Crippen LogP contribution in [0.2, 0.25) is 0 Å². The predicted octanol–water partition coefficient (Wildman–Crippen LogP) is 3.26. The molecule has 1 heterocycles. The van der Waals surface area contributed by atoms with Gasteiger partial charge in [-0.3, -0.25) is 4.79 Å². The molecule has 5 nitrogen and oxygen atoms in total. The maximum atomic E-state index is 12.7. The quantitative estimate of drug-likeness (QED) is 0.752. The first kappa shape index (κ1) is 18.3. The third-order valence-electron chi connectivity index (χ3n) is 5.38. The highest BCUT2D eigenvalue weighted by Crippen LogP contribution is 2.46. The van der Waals surface area contributed by atoms with Crippen LogP contribution in [0, 0.1) is 0 Å². The van der Waals surface area contributed by atoms with Crippen LogP contribution in [0.4, 0.5) is 11.4 Å². The Balaban J connectivity index is 1.72. The maximum absolute atomic E-state index is 12.7. The molecular weight excluding hydrogens is 358 g/mol. The zero-order valence-corrected chi connectivity index (χ0v) is 16.5. The fraction of sp³-hybridized carbons (Fsp3) is 0.381. The van der Waals surface area contributed by atoms with Crippen molar-refractivity contribution in [1.82, 2.24) is 5.32 Å². The lowest BCUT2D eigenvalue weighted by Gasteiger charge is -2.22. The molecule has 2 unspecified atom stereocenters. The molecule has 1 aliphatic heterocycles. The summed E-state index contributed by atoms with van der Waals surface area (Å²) in [5, 5.41) is 3.11. The molecular formula is C21H25N3O2S. The Bertz CT molecular complexity index is 851. The summed E-state index contributed by atoms with van der Waals surface area (Å²) in [7, 11) is 1.85. The van der Waals surface area contributed by atoms with Crippen LogP contribution in [0.5, 0.6) is 0 Å². The number of benzene rings is 2. The summed E-state index contributed by atoms with van der Waals surface area (Å²) in [6.45, 7) is 0.760. The number of rotatable bonds is 6. The van der Waals surface area contributed by atoms with Gasteiger partial charge in [0.25, 0.3) is 0 Å². The van der Waals surface area contributed by atoms with Crippen molar-refractivity contribution in [3.63, 3.8) is 0 Å². The Kier molecular flexibility index (Phi) is 5.12. The van der Waals surface area contributed by atoms with Gasteiger partial charge in [-0.2, -0.15) is 0 Å². The van der Waals surface area contributed by atoms with E-state index in [0.29, 0.717) is 5.92 Å².